The predicted octanol–water partition coefficient (Wildman–Crippen LogP) is 3.08. The zero-order valence-electron chi connectivity index (χ0n) is 15.4. The van der Waals surface area contributed by atoms with Gasteiger partial charge in [0.1, 0.15) is 10.6 Å². The first kappa shape index (κ1) is 22.2. The molecule has 2 aromatic carbocycles. The van der Waals surface area contributed by atoms with Crippen LogP contribution >= 0.6 is 23.2 Å². The Morgan fingerprint density at radius 3 is 2.57 bits per heavy atom. The summed E-state index contributed by atoms with van der Waals surface area (Å²) in [5, 5.41) is 4.56. The second-order valence-electron chi connectivity index (χ2n) is 5.88. The second-order valence-corrected chi connectivity index (χ2v) is 8.71. The number of carbonyl (C=O) groups excluding carboxylic acids is 1. The molecule has 0 unspecified atom stereocenters. The Hall–Kier alpha value is -2.13. The topological polar surface area (TPSA) is 88.1 Å². The zero-order valence-corrected chi connectivity index (χ0v) is 17.8. The molecule has 0 fully saturated rings. The van der Waals surface area contributed by atoms with Gasteiger partial charge in [0.2, 0.25) is 10.0 Å². The summed E-state index contributed by atoms with van der Waals surface area (Å²) < 4.78 is 31.6. The highest BCUT2D eigenvalue weighted by atomic mass is 35.5. The molecule has 10 heteroatoms. The Morgan fingerprint density at radius 2 is 1.93 bits per heavy atom. The van der Waals surface area contributed by atoms with Crippen LogP contribution in [0.15, 0.2) is 46.4 Å². The Morgan fingerprint density at radius 1 is 1.21 bits per heavy atom. The lowest BCUT2D eigenvalue weighted by molar-refractivity contribution is -0.121. The van der Waals surface area contributed by atoms with E-state index in [0.29, 0.717) is 15.6 Å². The number of hydrogen-bond acceptors (Lipinski definition) is 5. The van der Waals surface area contributed by atoms with Crippen LogP contribution in [0.3, 0.4) is 0 Å². The molecule has 0 bridgehead atoms. The molecule has 7 nitrogen and oxygen atoms in total. The highest BCUT2D eigenvalue weighted by molar-refractivity contribution is 7.89. The van der Waals surface area contributed by atoms with Crippen molar-refractivity contribution in [3.05, 3.63) is 57.6 Å². The van der Waals surface area contributed by atoms with E-state index in [0.717, 1.165) is 9.87 Å². The van der Waals surface area contributed by atoms with E-state index in [1.807, 2.05) is 0 Å². The molecule has 0 aromatic heterocycles. The van der Waals surface area contributed by atoms with Crippen LogP contribution in [0.5, 0.6) is 5.75 Å². The summed E-state index contributed by atoms with van der Waals surface area (Å²) in [6.07, 6.45) is 1.37. The van der Waals surface area contributed by atoms with Crippen molar-refractivity contribution in [1.82, 2.24) is 9.73 Å². The van der Waals surface area contributed by atoms with E-state index >= 15 is 0 Å². The highest BCUT2D eigenvalue weighted by Gasteiger charge is 2.26. The summed E-state index contributed by atoms with van der Waals surface area (Å²) in [4.78, 5) is 12.0. The molecule has 0 saturated carbocycles. The number of nitrogens with one attached hydrogen (secondary N) is 1. The van der Waals surface area contributed by atoms with Gasteiger partial charge in [0.15, 0.2) is 0 Å². The third kappa shape index (κ3) is 5.45. The van der Waals surface area contributed by atoms with Crippen LogP contribution in [0.4, 0.5) is 0 Å². The first-order valence-corrected chi connectivity index (χ1v) is 10.2. The van der Waals surface area contributed by atoms with E-state index in [4.69, 9.17) is 27.9 Å². The van der Waals surface area contributed by atoms with Gasteiger partial charge < -0.3 is 4.74 Å². The predicted molar refractivity (Wildman–Crippen MR) is 110 cm³/mol. The Balaban J connectivity index is 2.06. The van der Waals surface area contributed by atoms with Crippen molar-refractivity contribution >= 4 is 45.3 Å². The molecule has 0 heterocycles. The number of aryl methyl sites for hydroxylation is 1. The molecule has 0 radical (unpaired) electrons. The van der Waals surface area contributed by atoms with Crippen molar-refractivity contribution in [3.63, 3.8) is 0 Å². The molecule has 2 rings (SSSR count). The number of halogens is 2. The molecule has 0 atom stereocenters. The van der Waals surface area contributed by atoms with Gasteiger partial charge in [0, 0.05) is 7.05 Å². The van der Waals surface area contributed by atoms with Crippen LogP contribution < -0.4 is 10.2 Å². The van der Waals surface area contributed by atoms with Crippen molar-refractivity contribution < 1.29 is 17.9 Å². The molecule has 28 heavy (non-hydrogen) atoms. The molecule has 1 amide bonds. The number of sulfonamides is 1. The minimum atomic E-state index is -3.92. The number of nitrogens with zero attached hydrogens (tertiary/aromatic N) is 2. The van der Waals surface area contributed by atoms with Crippen LogP contribution in [0.1, 0.15) is 11.1 Å². The summed E-state index contributed by atoms with van der Waals surface area (Å²) in [7, 11) is -1.24. The molecule has 2 aromatic rings. The maximum atomic E-state index is 12.8. The summed E-state index contributed by atoms with van der Waals surface area (Å²) in [5.41, 5.74) is 3.66. The molecule has 0 aliphatic heterocycles. The number of carbonyl (C=O) groups is 1. The van der Waals surface area contributed by atoms with Gasteiger partial charge in [-0.05, 0) is 42.3 Å². The molecular formula is C18H19Cl2N3O4S. The van der Waals surface area contributed by atoms with Crippen LogP contribution in [-0.2, 0) is 14.8 Å². The largest absolute Gasteiger partial charge is 0.495 e. The van der Waals surface area contributed by atoms with Gasteiger partial charge >= 0.3 is 0 Å². The van der Waals surface area contributed by atoms with Gasteiger partial charge in [-0.15, -0.1) is 0 Å². The fourth-order valence-corrected chi connectivity index (χ4v) is 3.92. The van der Waals surface area contributed by atoms with Gasteiger partial charge in [0.25, 0.3) is 5.91 Å². The maximum absolute atomic E-state index is 12.8. The van der Waals surface area contributed by atoms with Gasteiger partial charge in [-0.25, -0.2) is 13.8 Å². The Labute approximate surface area is 173 Å². The number of benzene rings is 2. The zero-order chi connectivity index (χ0) is 20.9. The van der Waals surface area contributed by atoms with E-state index in [-0.39, 0.29) is 10.6 Å². The summed E-state index contributed by atoms with van der Waals surface area (Å²) >= 11 is 11.7. The Kier molecular flexibility index (Phi) is 7.42. The van der Waals surface area contributed by atoms with Crippen LogP contribution in [0, 0.1) is 6.92 Å². The smallest absolute Gasteiger partial charge is 0.255 e. The minimum Gasteiger partial charge on any atom is -0.495 e. The van der Waals surface area contributed by atoms with E-state index < -0.39 is 22.5 Å². The first-order valence-electron chi connectivity index (χ1n) is 8.03. The highest BCUT2D eigenvalue weighted by Crippen LogP contribution is 2.27. The summed E-state index contributed by atoms with van der Waals surface area (Å²) in [6, 6.07) is 9.65. The number of ether oxygens (including phenoxy) is 1. The van der Waals surface area contributed by atoms with E-state index in [2.05, 4.69) is 10.5 Å². The van der Waals surface area contributed by atoms with Crippen molar-refractivity contribution in [2.45, 2.75) is 11.8 Å². The van der Waals surface area contributed by atoms with Gasteiger partial charge in [-0.2, -0.15) is 9.41 Å². The monoisotopic (exact) mass is 443 g/mol. The summed E-state index contributed by atoms with van der Waals surface area (Å²) in [5.74, 6) is -0.399. The lowest BCUT2D eigenvalue weighted by atomic mass is 10.2. The van der Waals surface area contributed by atoms with E-state index in [1.165, 1.54) is 26.4 Å². The van der Waals surface area contributed by atoms with Crippen LogP contribution in [0.25, 0.3) is 0 Å². The van der Waals surface area contributed by atoms with E-state index in [9.17, 15) is 13.2 Å². The number of methoxy groups -OCH3 is 1. The number of likely N-dealkylation sites (N-methyl/N-ethyl adjacent to an activating group) is 1. The van der Waals surface area contributed by atoms with Gasteiger partial charge in [0.05, 0.1) is 29.9 Å². The molecular weight excluding hydrogens is 425 g/mol. The van der Waals surface area contributed by atoms with Crippen molar-refractivity contribution in [3.8, 4) is 5.75 Å². The fraction of sp³-hybridized carbons (Fsp3) is 0.222. The van der Waals surface area contributed by atoms with Gasteiger partial charge in [-0.1, -0.05) is 35.3 Å². The number of hydrazone groups is 1. The number of rotatable bonds is 7. The Bertz CT molecular complexity index is 1010. The molecule has 150 valence electrons. The fourth-order valence-electron chi connectivity index (χ4n) is 2.25. The summed E-state index contributed by atoms with van der Waals surface area (Å²) in [6.45, 7) is 1.35. The molecule has 0 aliphatic rings. The van der Waals surface area contributed by atoms with Crippen molar-refractivity contribution in [1.29, 1.82) is 0 Å². The average Bonchev–Trinajstić information content (AvgIpc) is 2.64. The third-order valence-corrected chi connectivity index (χ3v) is 6.28. The van der Waals surface area contributed by atoms with Crippen LogP contribution in [-0.4, -0.2) is 45.5 Å². The second kappa shape index (κ2) is 9.38. The number of hydrogen-bond donors (Lipinski definition) is 1. The van der Waals surface area contributed by atoms with Crippen molar-refractivity contribution in [2.24, 2.45) is 5.10 Å². The standard InChI is InChI=1S/C18H19Cl2N3O4S/c1-12-4-7-16(27-3)17(8-12)28(25,26)23(2)11-18(24)22-21-10-13-5-6-14(19)15(20)9-13/h4-10H,11H2,1-3H3,(H,22,24). The minimum absolute atomic E-state index is 0.00962. The molecule has 0 spiro atoms. The lowest BCUT2D eigenvalue weighted by Gasteiger charge is -2.18. The number of amides is 1. The van der Waals surface area contributed by atoms with Crippen molar-refractivity contribution in [2.75, 3.05) is 20.7 Å². The maximum Gasteiger partial charge on any atom is 0.255 e. The molecule has 0 aliphatic carbocycles. The molecule has 1 N–H and O–H groups in total. The normalized spacial score (nSPS) is 11.8. The average molecular weight is 444 g/mol. The van der Waals surface area contributed by atoms with Gasteiger partial charge in [-0.3, -0.25) is 4.79 Å². The molecule has 0 saturated heterocycles. The van der Waals surface area contributed by atoms with E-state index in [1.54, 1.807) is 37.3 Å². The van der Waals surface area contributed by atoms with Crippen LogP contribution in [0.2, 0.25) is 10.0 Å². The quantitative estimate of drug-likeness (QED) is 0.525. The lowest BCUT2D eigenvalue weighted by Crippen LogP contribution is -2.36. The SMILES string of the molecule is COc1ccc(C)cc1S(=O)(=O)N(C)CC(=O)NN=Cc1ccc(Cl)c(Cl)c1. The first-order chi connectivity index (χ1) is 13.1. The third-order valence-electron chi connectivity index (χ3n) is 3.72.